The van der Waals surface area contributed by atoms with Crippen LogP contribution in [0.2, 0.25) is 0 Å². The van der Waals surface area contributed by atoms with E-state index in [1.807, 2.05) is 6.07 Å². The van der Waals surface area contributed by atoms with Crippen molar-refractivity contribution in [1.82, 2.24) is 10.6 Å². The van der Waals surface area contributed by atoms with Crippen molar-refractivity contribution in [3.63, 3.8) is 0 Å². The van der Waals surface area contributed by atoms with Gasteiger partial charge < -0.3 is 15.1 Å². The Hall–Kier alpha value is -1.45. The molecule has 0 aromatic carbocycles. The normalized spacial score (nSPS) is 17.1. The molecular weight excluding hydrogens is 228 g/mol. The number of urea groups is 1. The van der Waals surface area contributed by atoms with Crippen molar-refractivity contribution < 1.29 is 9.21 Å². The highest BCUT2D eigenvalue weighted by atomic mass is 16.3. The Morgan fingerprint density at radius 1 is 1.28 bits per heavy atom. The minimum Gasteiger partial charge on any atom is -0.472 e. The van der Waals surface area contributed by atoms with Crippen LogP contribution >= 0.6 is 0 Å². The molecule has 0 bridgehead atoms. The molecule has 0 spiro atoms. The van der Waals surface area contributed by atoms with Gasteiger partial charge in [-0.05, 0) is 30.9 Å². The van der Waals surface area contributed by atoms with Crippen LogP contribution in [0.15, 0.2) is 23.0 Å². The first kappa shape index (κ1) is 13.0. The lowest BCUT2D eigenvalue weighted by Gasteiger charge is -2.16. The molecule has 0 saturated heterocycles. The lowest BCUT2D eigenvalue weighted by Crippen LogP contribution is -2.42. The van der Waals surface area contributed by atoms with Gasteiger partial charge in [0.2, 0.25) is 0 Å². The van der Waals surface area contributed by atoms with E-state index in [0.29, 0.717) is 12.6 Å². The van der Waals surface area contributed by atoms with Gasteiger partial charge in [-0.15, -0.1) is 0 Å². The number of amides is 2. The molecule has 1 aromatic rings. The molecule has 2 rings (SSSR count). The van der Waals surface area contributed by atoms with E-state index in [1.54, 1.807) is 12.5 Å². The van der Waals surface area contributed by atoms with Crippen molar-refractivity contribution in [2.45, 2.75) is 51.0 Å². The van der Waals surface area contributed by atoms with Gasteiger partial charge >= 0.3 is 6.03 Å². The summed E-state index contributed by atoms with van der Waals surface area (Å²) in [6.07, 6.45) is 11.5. The van der Waals surface area contributed by atoms with Gasteiger partial charge in [-0.1, -0.05) is 25.7 Å². The molecule has 1 aromatic heterocycles. The molecule has 4 heteroatoms. The Balaban J connectivity index is 1.62. The van der Waals surface area contributed by atoms with Crippen LogP contribution in [-0.2, 0) is 6.42 Å². The van der Waals surface area contributed by atoms with Crippen molar-refractivity contribution in [2.75, 3.05) is 6.54 Å². The van der Waals surface area contributed by atoms with E-state index in [4.69, 9.17) is 4.42 Å². The summed E-state index contributed by atoms with van der Waals surface area (Å²) in [5.74, 6) is 0. The molecule has 2 amide bonds. The zero-order valence-electron chi connectivity index (χ0n) is 10.8. The summed E-state index contributed by atoms with van der Waals surface area (Å²) in [4.78, 5) is 11.7. The SMILES string of the molecule is O=C(NCCc1ccoc1)NC1CCCCCC1. The molecule has 1 fully saturated rings. The molecule has 1 heterocycles. The molecule has 1 aliphatic rings. The predicted octanol–water partition coefficient (Wildman–Crippen LogP) is 2.84. The second kappa shape index (κ2) is 7.09. The third-order valence-corrected chi connectivity index (χ3v) is 3.47. The molecular formula is C14H22N2O2. The quantitative estimate of drug-likeness (QED) is 0.807. The maximum Gasteiger partial charge on any atom is 0.315 e. The maximum atomic E-state index is 11.7. The molecule has 1 saturated carbocycles. The van der Waals surface area contributed by atoms with Gasteiger partial charge in [-0.25, -0.2) is 4.79 Å². The van der Waals surface area contributed by atoms with Gasteiger partial charge in [0.1, 0.15) is 0 Å². The molecule has 0 atom stereocenters. The van der Waals surface area contributed by atoms with Gasteiger partial charge in [0.25, 0.3) is 0 Å². The van der Waals surface area contributed by atoms with Crippen LogP contribution in [0.1, 0.15) is 44.1 Å². The first-order valence-corrected chi connectivity index (χ1v) is 6.90. The highest BCUT2D eigenvalue weighted by Gasteiger charge is 2.14. The number of carbonyl (C=O) groups excluding carboxylic acids is 1. The molecule has 0 radical (unpaired) electrons. The number of furan rings is 1. The fourth-order valence-electron chi connectivity index (χ4n) is 2.42. The Bertz CT molecular complexity index is 341. The molecule has 1 aliphatic carbocycles. The van der Waals surface area contributed by atoms with Crippen LogP contribution < -0.4 is 10.6 Å². The number of hydrogen-bond acceptors (Lipinski definition) is 2. The van der Waals surface area contributed by atoms with Crippen LogP contribution in [0.4, 0.5) is 4.79 Å². The summed E-state index contributed by atoms with van der Waals surface area (Å²) < 4.78 is 4.98. The van der Waals surface area contributed by atoms with Gasteiger partial charge in [0.15, 0.2) is 0 Å². The third-order valence-electron chi connectivity index (χ3n) is 3.47. The van der Waals surface area contributed by atoms with E-state index in [-0.39, 0.29) is 6.03 Å². The van der Waals surface area contributed by atoms with Crippen LogP contribution in [0, 0.1) is 0 Å². The number of nitrogens with one attached hydrogen (secondary N) is 2. The summed E-state index contributed by atoms with van der Waals surface area (Å²) in [5.41, 5.74) is 1.12. The van der Waals surface area contributed by atoms with Gasteiger partial charge in [0, 0.05) is 12.6 Å². The summed E-state index contributed by atoms with van der Waals surface area (Å²) in [7, 11) is 0. The monoisotopic (exact) mass is 250 g/mol. The first-order chi connectivity index (χ1) is 8.84. The summed E-state index contributed by atoms with van der Waals surface area (Å²) >= 11 is 0. The van der Waals surface area contributed by atoms with Crippen molar-refractivity contribution >= 4 is 6.03 Å². The summed E-state index contributed by atoms with van der Waals surface area (Å²) in [6, 6.07) is 2.25. The molecule has 2 N–H and O–H groups in total. The van der Waals surface area contributed by atoms with E-state index < -0.39 is 0 Å². The van der Waals surface area contributed by atoms with Crippen molar-refractivity contribution in [3.05, 3.63) is 24.2 Å². The smallest absolute Gasteiger partial charge is 0.315 e. The first-order valence-electron chi connectivity index (χ1n) is 6.90. The van der Waals surface area contributed by atoms with Crippen molar-refractivity contribution in [3.8, 4) is 0 Å². The molecule has 0 unspecified atom stereocenters. The number of hydrogen-bond donors (Lipinski definition) is 2. The Labute approximate surface area is 108 Å². The average molecular weight is 250 g/mol. The fraction of sp³-hybridized carbons (Fsp3) is 0.643. The topological polar surface area (TPSA) is 54.3 Å². The van der Waals surface area contributed by atoms with Gasteiger partial charge in [-0.2, -0.15) is 0 Å². The molecule has 0 aliphatic heterocycles. The third kappa shape index (κ3) is 4.43. The standard InChI is InChI=1S/C14H22N2O2/c17-14(15-9-7-12-8-10-18-11-12)16-13-5-3-1-2-4-6-13/h8,10-11,13H,1-7,9H2,(H2,15,16,17). The summed E-state index contributed by atoms with van der Waals surface area (Å²) in [5, 5.41) is 5.96. The second-order valence-electron chi connectivity index (χ2n) is 4.97. The predicted molar refractivity (Wildman–Crippen MR) is 70.4 cm³/mol. The maximum absolute atomic E-state index is 11.7. The van der Waals surface area contributed by atoms with Crippen LogP contribution in [0.25, 0.3) is 0 Å². The minimum absolute atomic E-state index is 0.0367. The van der Waals surface area contributed by atoms with E-state index in [1.165, 1.54) is 25.7 Å². The second-order valence-corrected chi connectivity index (χ2v) is 4.97. The van der Waals surface area contributed by atoms with E-state index in [2.05, 4.69) is 10.6 Å². The zero-order chi connectivity index (χ0) is 12.6. The highest BCUT2D eigenvalue weighted by molar-refractivity contribution is 5.74. The van der Waals surface area contributed by atoms with Crippen molar-refractivity contribution in [2.24, 2.45) is 0 Å². The number of rotatable bonds is 4. The van der Waals surface area contributed by atoms with Crippen LogP contribution in [-0.4, -0.2) is 18.6 Å². The highest BCUT2D eigenvalue weighted by Crippen LogP contribution is 2.16. The Morgan fingerprint density at radius 2 is 2.06 bits per heavy atom. The average Bonchev–Trinajstić information content (AvgIpc) is 2.74. The zero-order valence-corrected chi connectivity index (χ0v) is 10.8. The Kier molecular flexibility index (Phi) is 5.12. The minimum atomic E-state index is -0.0367. The van der Waals surface area contributed by atoms with Crippen LogP contribution in [0.3, 0.4) is 0 Å². The van der Waals surface area contributed by atoms with Gasteiger partial charge in [0.05, 0.1) is 12.5 Å². The largest absolute Gasteiger partial charge is 0.472 e. The number of carbonyl (C=O) groups is 1. The van der Waals surface area contributed by atoms with E-state index in [9.17, 15) is 4.79 Å². The van der Waals surface area contributed by atoms with Crippen molar-refractivity contribution in [1.29, 1.82) is 0 Å². The van der Waals surface area contributed by atoms with E-state index >= 15 is 0 Å². The molecule has 4 nitrogen and oxygen atoms in total. The Morgan fingerprint density at radius 3 is 2.72 bits per heavy atom. The molecule has 100 valence electrons. The molecule has 18 heavy (non-hydrogen) atoms. The lowest BCUT2D eigenvalue weighted by atomic mass is 10.1. The fourth-order valence-corrected chi connectivity index (χ4v) is 2.42. The van der Waals surface area contributed by atoms with Gasteiger partial charge in [-0.3, -0.25) is 0 Å². The summed E-state index contributed by atoms with van der Waals surface area (Å²) in [6.45, 7) is 0.651. The lowest BCUT2D eigenvalue weighted by molar-refractivity contribution is 0.235. The van der Waals surface area contributed by atoms with Crippen LogP contribution in [0.5, 0.6) is 0 Å². The van der Waals surface area contributed by atoms with E-state index in [0.717, 1.165) is 24.8 Å².